The minimum Gasteiger partial charge on any atom is -0.391 e. The van der Waals surface area contributed by atoms with Crippen LogP contribution in [0.4, 0.5) is 0 Å². The number of rotatable bonds is 1. The van der Waals surface area contributed by atoms with Gasteiger partial charge in [0.1, 0.15) is 0 Å². The van der Waals surface area contributed by atoms with Crippen LogP contribution in [0.15, 0.2) is 24.3 Å². The fourth-order valence-electron chi connectivity index (χ4n) is 2.12. The lowest BCUT2D eigenvalue weighted by Gasteiger charge is -2.30. The van der Waals surface area contributed by atoms with Crippen molar-refractivity contribution in [3.05, 3.63) is 35.4 Å². The number of β-amino-alcohol motifs (C(OH)–C–C–N with tert-alkyl or cyclic N) is 1. The van der Waals surface area contributed by atoms with Crippen LogP contribution in [0.2, 0.25) is 0 Å². The smallest absolute Gasteiger partial charge is 0.254 e. The summed E-state index contributed by atoms with van der Waals surface area (Å²) in [7, 11) is 0. The maximum atomic E-state index is 12.2. The Morgan fingerprint density at radius 3 is 2.88 bits per heavy atom. The molecule has 1 aliphatic heterocycles. The van der Waals surface area contributed by atoms with Gasteiger partial charge in [-0.3, -0.25) is 4.79 Å². The highest BCUT2D eigenvalue weighted by atomic mass is 16.3. The highest BCUT2D eigenvalue weighted by molar-refractivity contribution is 5.95. The predicted molar refractivity (Wildman–Crippen MR) is 62.3 cm³/mol. The number of aliphatic hydroxyl groups is 1. The number of aliphatic hydroxyl groups excluding tert-OH is 1. The Morgan fingerprint density at radius 2 is 2.19 bits per heavy atom. The number of nitrogens with zero attached hydrogens (tertiary/aromatic N) is 1. The Labute approximate surface area is 95.7 Å². The van der Waals surface area contributed by atoms with Crippen molar-refractivity contribution in [2.75, 3.05) is 13.1 Å². The number of amides is 1. The van der Waals surface area contributed by atoms with Crippen molar-refractivity contribution in [3.8, 4) is 0 Å². The van der Waals surface area contributed by atoms with Gasteiger partial charge in [0.25, 0.3) is 5.91 Å². The third kappa shape index (κ3) is 2.25. The van der Waals surface area contributed by atoms with Crippen LogP contribution in [0.1, 0.15) is 28.8 Å². The van der Waals surface area contributed by atoms with E-state index in [2.05, 4.69) is 0 Å². The molecule has 1 aromatic carbocycles. The van der Waals surface area contributed by atoms with Crippen molar-refractivity contribution < 1.29 is 9.90 Å². The Balaban J connectivity index is 2.16. The van der Waals surface area contributed by atoms with Gasteiger partial charge in [0.05, 0.1) is 6.10 Å². The molecule has 3 heteroatoms. The molecule has 1 saturated heterocycles. The highest BCUT2D eigenvalue weighted by Gasteiger charge is 2.23. The molecular weight excluding hydrogens is 202 g/mol. The second-order valence-corrected chi connectivity index (χ2v) is 4.36. The van der Waals surface area contributed by atoms with E-state index in [9.17, 15) is 9.90 Å². The summed E-state index contributed by atoms with van der Waals surface area (Å²) in [6, 6.07) is 7.59. The van der Waals surface area contributed by atoms with Gasteiger partial charge in [0.15, 0.2) is 0 Å². The van der Waals surface area contributed by atoms with Crippen LogP contribution in [-0.2, 0) is 0 Å². The van der Waals surface area contributed by atoms with E-state index >= 15 is 0 Å². The maximum absolute atomic E-state index is 12.2. The zero-order valence-corrected chi connectivity index (χ0v) is 9.52. The van der Waals surface area contributed by atoms with Gasteiger partial charge in [-0.25, -0.2) is 0 Å². The first kappa shape index (κ1) is 11.1. The molecule has 0 radical (unpaired) electrons. The van der Waals surface area contributed by atoms with Gasteiger partial charge in [-0.1, -0.05) is 18.2 Å². The molecule has 86 valence electrons. The summed E-state index contributed by atoms with van der Waals surface area (Å²) in [5, 5.41) is 9.55. The first-order valence-corrected chi connectivity index (χ1v) is 5.71. The molecule has 3 nitrogen and oxygen atoms in total. The first-order chi connectivity index (χ1) is 7.68. The molecule has 0 bridgehead atoms. The van der Waals surface area contributed by atoms with E-state index in [1.54, 1.807) is 4.90 Å². The second-order valence-electron chi connectivity index (χ2n) is 4.36. The largest absolute Gasteiger partial charge is 0.391 e. The number of aryl methyl sites for hydroxylation is 1. The van der Waals surface area contributed by atoms with Gasteiger partial charge in [0.2, 0.25) is 0 Å². The molecule has 2 rings (SSSR count). The topological polar surface area (TPSA) is 40.5 Å². The van der Waals surface area contributed by atoms with Crippen LogP contribution < -0.4 is 0 Å². The summed E-state index contributed by atoms with van der Waals surface area (Å²) in [6.07, 6.45) is 1.33. The maximum Gasteiger partial charge on any atom is 0.254 e. The molecular formula is C13H17NO2. The molecule has 0 aliphatic carbocycles. The molecule has 1 fully saturated rings. The zero-order valence-electron chi connectivity index (χ0n) is 9.52. The fraction of sp³-hybridized carbons (Fsp3) is 0.462. The van der Waals surface area contributed by atoms with Gasteiger partial charge in [-0.05, 0) is 31.4 Å². The van der Waals surface area contributed by atoms with Gasteiger partial charge < -0.3 is 10.0 Å². The second kappa shape index (κ2) is 4.66. The standard InChI is InChI=1S/C13H17NO2/c1-10-5-2-3-7-12(10)13(16)14-8-4-6-11(15)9-14/h2-3,5,7,11,15H,4,6,8-9H2,1H3/t11-/m0/s1. The summed E-state index contributed by atoms with van der Waals surface area (Å²) in [6.45, 7) is 3.16. The monoisotopic (exact) mass is 219 g/mol. The Morgan fingerprint density at radius 1 is 1.44 bits per heavy atom. The number of carbonyl (C=O) groups is 1. The molecule has 1 amide bonds. The predicted octanol–water partition coefficient (Wildman–Crippen LogP) is 1.59. The molecule has 0 spiro atoms. The molecule has 1 aliphatic rings. The quantitative estimate of drug-likeness (QED) is 0.779. The SMILES string of the molecule is Cc1ccccc1C(=O)N1CCC[C@H](O)C1. The molecule has 0 saturated carbocycles. The number of likely N-dealkylation sites (tertiary alicyclic amines) is 1. The Kier molecular flexibility index (Phi) is 3.25. The van der Waals surface area contributed by atoms with Gasteiger partial charge in [0, 0.05) is 18.7 Å². The van der Waals surface area contributed by atoms with Gasteiger partial charge >= 0.3 is 0 Å². The zero-order chi connectivity index (χ0) is 11.5. The highest BCUT2D eigenvalue weighted by Crippen LogP contribution is 2.15. The van der Waals surface area contributed by atoms with E-state index in [-0.39, 0.29) is 12.0 Å². The van der Waals surface area contributed by atoms with Gasteiger partial charge in [-0.2, -0.15) is 0 Å². The van der Waals surface area contributed by atoms with Crippen LogP contribution in [0.25, 0.3) is 0 Å². The van der Waals surface area contributed by atoms with Crippen LogP contribution >= 0.6 is 0 Å². The van der Waals surface area contributed by atoms with E-state index in [1.807, 2.05) is 31.2 Å². The van der Waals surface area contributed by atoms with Crippen LogP contribution in [-0.4, -0.2) is 35.1 Å². The molecule has 1 N–H and O–H groups in total. The fourth-order valence-corrected chi connectivity index (χ4v) is 2.12. The summed E-state index contributed by atoms with van der Waals surface area (Å²) in [5.41, 5.74) is 1.74. The number of hydrogen-bond donors (Lipinski definition) is 1. The normalized spacial score (nSPS) is 20.9. The molecule has 1 heterocycles. The average molecular weight is 219 g/mol. The molecule has 1 aromatic rings. The number of benzene rings is 1. The van der Waals surface area contributed by atoms with Crippen LogP contribution in [0.5, 0.6) is 0 Å². The molecule has 16 heavy (non-hydrogen) atoms. The van der Waals surface area contributed by atoms with Crippen LogP contribution in [0.3, 0.4) is 0 Å². The third-order valence-electron chi connectivity index (χ3n) is 3.06. The average Bonchev–Trinajstić information content (AvgIpc) is 2.29. The molecule has 1 atom stereocenters. The summed E-state index contributed by atoms with van der Waals surface area (Å²) < 4.78 is 0. The van der Waals surface area contributed by atoms with Gasteiger partial charge in [-0.15, -0.1) is 0 Å². The van der Waals surface area contributed by atoms with Crippen LogP contribution in [0, 0.1) is 6.92 Å². The van der Waals surface area contributed by atoms with Crippen molar-refractivity contribution in [2.45, 2.75) is 25.9 Å². The van der Waals surface area contributed by atoms with E-state index < -0.39 is 0 Å². The number of hydrogen-bond acceptors (Lipinski definition) is 2. The first-order valence-electron chi connectivity index (χ1n) is 5.71. The Hall–Kier alpha value is -1.35. The minimum atomic E-state index is -0.360. The molecule has 0 unspecified atom stereocenters. The summed E-state index contributed by atoms with van der Waals surface area (Å²) in [5.74, 6) is 0.0388. The minimum absolute atomic E-state index is 0.0388. The lowest BCUT2D eigenvalue weighted by molar-refractivity contribution is 0.0473. The number of carbonyl (C=O) groups excluding carboxylic acids is 1. The number of piperidine rings is 1. The van der Waals surface area contributed by atoms with Crippen molar-refractivity contribution in [2.24, 2.45) is 0 Å². The Bertz CT molecular complexity index is 389. The van der Waals surface area contributed by atoms with E-state index in [1.165, 1.54) is 0 Å². The lowest BCUT2D eigenvalue weighted by atomic mass is 10.0. The van der Waals surface area contributed by atoms with E-state index in [0.717, 1.165) is 30.5 Å². The summed E-state index contributed by atoms with van der Waals surface area (Å²) in [4.78, 5) is 13.9. The summed E-state index contributed by atoms with van der Waals surface area (Å²) >= 11 is 0. The third-order valence-corrected chi connectivity index (χ3v) is 3.06. The van der Waals surface area contributed by atoms with Crippen molar-refractivity contribution in [1.82, 2.24) is 4.90 Å². The van der Waals surface area contributed by atoms with Crippen molar-refractivity contribution in [3.63, 3.8) is 0 Å². The lowest BCUT2D eigenvalue weighted by Crippen LogP contribution is -2.42. The van der Waals surface area contributed by atoms with Crippen molar-refractivity contribution in [1.29, 1.82) is 0 Å². The van der Waals surface area contributed by atoms with E-state index in [0.29, 0.717) is 6.54 Å². The van der Waals surface area contributed by atoms with E-state index in [4.69, 9.17) is 0 Å². The molecule has 0 aromatic heterocycles. The van der Waals surface area contributed by atoms with Crippen molar-refractivity contribution >= 4 is 5.91 Å².